The molecule has 8 nitrogen and oxygen atoms in total. The number of rotatable bonds is 4. The lowest BCUT2D eigenvalue weighted by atomic mass is 9.97. The van der Waals surface area contributed by atoms with Gasteiger partial charge < -0.3 is 20.9 Å². The highest BCUT2D eigenvalue weighted by Gasteiger charge is 2.32. The summed E-state index contributed by atoms with van der Waals surface area (Å²) in [6, 6.07) is 8.53. The predicted octanol–water partition coefficient (Wildman–Crippen LogP) is 2.83. The second kappa shape index (κ2) is 7.83. The molecule has 3 aliphatic heterocycles. The maximum absolute atomic E-state index is 12.5. The number of benzene rings is 1. The molecule has 1 aromatic heterocycles. The first kappa shape index (κ1) is 19.8. The smallest absolute Gasteiger partial charge is 0.257 e. The van der Waals surface area contributed by atoms with E-state index in [1.165, 1.54) is 6.42 Å². The molecule has 0 spiro atoms. The molecule has 4 heterocycles. The lowest BCUT2D eigenvalue weighted by Gasteiger charge is -2.39. The van der Waals surface area contributed by atoms with Crippen LogP contribution in [-0.2, 0) is 11.3 Å². The van der Waals surface area contributed by atoms with Gasteiger partial charge in [-0.3, -0.25) is 9.59 Å². The van der Waals surface area contributed by atoms with Gasteiger partial charge in [-0.25, -0.2) is 4.98 Å². The zero-order valence-electron chi connectivity index (χ0n) is 17.9. The standard InChI is InChI=1S/C23H28N6O2/c1-13-4-3-5-14(2)29(13)23-27-18-12-25-22(31)19(18)20(28-23)26-16-8-6-15(7-9-16)17-10-11-24-21(17)30/h6-9,13-14,17H,3-5,10-12H2,1-2H3,(H,24,30)(H,25,31)(H,26,27,28)/t13-,14?,17?/m1/s1. The average molecular weight is 421 g/mol. The molecule has 0 aliphatic carbocycles. The van der Waals surface area contributed by atoms with Gasteiger partial charge in [0, 0.05) is 24.3 Å². The molecular formula is C23H28N6O2. The van der Waals surface area contributed by atoms with Crippen LogP contribution in [0.1, 0.15) is 67.1 Å². The van der Waals surface area contributed by atoms with Crippen molar-refractivity contribution in [2.45, 2.75) is 64.1 Å². The van der Waals surface area contributed by atoms with Gasteiger partial charge in [0.1, 0.15) is 11.4 Å². The number of hydrogen-bond acceptors (Lipinski definition) is 6. The van der Waals surface area contributed by atoms with Crippen LogP contribution in [0, 0.1) is 0 Å². The molecule has 2 saturated heterocycles. The Morgan fingerprint density at radius 2 is 1.74 bits per heavy atom. The molecule has 162 valence electrons. The zero-order chi connectivity index (χ0) is 21.5. The fourth-order valence-corrected chi connectivity index (χ4v) is 4.98. The third kappa shape index (κ3) is 3.60. The molecule has 2 unspecified atom stereocenters. The molecule has 2 fully saturated rings. The van der Waals surface area contributed by atoms with Gasteiger partial charge in [-0.15, -0.1) is 0 Å². The summed E-state index contributed by atoms with van der Waals surface area (Å²) in [6.45, 7) is 5.56. The molecule has 2 amide bonds. The van der Waals surface area contributed by atoms with Crippen molar-refractivity contribution in [1.82, 2.24) is 20.6 Å². The van der Waals surface area contributed by atoms with E-state index in [1.54, 1.807) is 0 Å². The van der Waals surface area contributed by atoms with Crippen LogP contribution < -0.4 is 20.9 Å². The van der Waals surface area contributed by atoms with Crippen molar-refractivity contribution in [3.63, 3.8) is 0 Å². The van der Waals surface area contributed by atoms with Crippen LogP contribution >= 0.6 is 0 Å². The third-order valence-corrected chi connectivity index (χ3v) is 6.66. The lowest BCUT2D eigenvalue weighted by Crippen LogP contribution is -2.45. The first-order valence-corrected chi connectivity index (χ1v) is 11.1. The lowest BCUT2D eigenvalue weighted by molar-refractivity contribution is -0.120. The maximum Gasteiger partial charge on any atom is 0.257 e. The summed E-state index contributed by atoms with van der Waals surface area (Å²) in [5.74, 6) is 1.06. The Bertz CT molecular complexity index is 1010. The fraction of sp³-hybridized carbons (Fsp3) is 0.478. The summed E-state index contributed by atoms with van der Waals surface area (Å²) in [6.07, 6.45) is 4.25. The molecule has 3 N–H and O–H groups in total. The van der Waals surface area contributed by atoms with Gasteiger partial charge in [0.05, 0.1) is 18.2 Å². The van der Waals surface area contributed by atoms with Crippen LogP contribution in [0.4, 0.5) is 17.5 Å². The van der Waals surface area contributed by atoms with Gasteiger partial charge in [-0.05, 0) is 57.2 Å². The second-order valence-corrected chi connectivity index (χ2v) is 8.79. The van der Waals surface area contributed by atoms with E-state index in [0.29, 0.717) is 36.0 Å². The number of fused-ring (bicyclic) bond motifs is 1. The minimum absolute atomic E-state index is 0.0837. The number of carbonyl (C=O) groups excluding carboxylic acids is 2. The molecule has 5 rings (SSSR count). The van der Waals surface area contributed by atoms with Crippen LogP contribution in [0.2, 0.25) is 0 Å². The number of nitrogens with zero attached hydrogens (tertiary/aromatic N) is 3. The number of piperidine rings is 1. The maximum atomic E-state index is 12.5. The summed E-state index contributed by atoms with van der Waals surface area (Å²) in [7, 11) is 0. The Morgan fingerprint density at radius 3 is 2.42 bits per heavy atom. The largest absolute Gasteiger partial charge is 0.356 e. The summed E-state index contributed by atoms with van der Waals surface area (Å²) in [5.41, 5.74) is 3.08. The van der Waals surface area contributed by atoms with Crippen LogP contribution in [0.15, 0.2) is 24.3 Å². The van der Waals surface area contributed by atoms with Crippen molar-refractivity contribution in [3.05, 3.63) is 41.1 Å². The van der Waals surface area contributed by atoms with Crippen molar-refractivity contribution in [3.8, 4) is 0 Å². The Hall–Kier alpha value is -3.16. The van der Waals surface area contributed by atoms with Crippen LogP contribution in [0.3, 0.4) is 0 Å². The Labute approximate surface area is 181 Å². The van der Waals surface area contributed by atoms with E-state index in [1.807, 2.05) is 24.3 Å². The van der Waals surface area contributed by atoms with E-state index in [2.05, 4.69) is 34.7 Å². The molecule has 0 bridgehead atoms. The molecule has 31 heavy (non-hydrogen) atoms. The first-order chi connectivity index (χ1) is 15.0. The van der Waals surface area contributed by atoms with Gasteiger partial charge in [-0.1, -0.05) is 12.1 Å². The number of amides is 2. The van der Waals surface area contributed by atoms with Crippen molar-refractivity contribution in [2.75, 3.05) is 16.8 Å². The monoisotopic (exact) mass is 420 g/mol. The van der Waals surface area contributed by atoms with Gasteiger partial charge in [0.25, 0.3) is 5.91 Å². The number of carbonyl (C=O) groups is 2. The Balaban J connectivity index is 1.46. The van der Waals surface area contributed by atoms with E-state index in [0.717, 1.165) is 42.8 Å². The summed E-state index contributed by atoms with van der Waals surface area (Å²) in [4.78, 5) is 36.3. The number of hydrogen-bond donors (Lipinski definition) is 3. The topological polar surface area (TPSA) is 99.2 Å². The minimum Gasteiger partial charge on any atom is -0.356 e. The predicted molar refractivity (Wildman–Crippen MR) is 119 cm³/mol. The highest BCUT2D eigenvalue weighted by molar-refractivity contribution is 6.03. The van der Waals surface area contributed by atoms with Gasteiger partial charge in [0.15, 0.2) is 0 Å². The van der Waals surface area contributed by atoms with Crippen LogP contribution in [0.5, 0.6) is 0 Å². The van der Waals surface area contributed by atoms with Crippen molar-refractivity contribution in [1.29, 1.82) is 0 Å². The van der Waals surface area contributed by atoms with E-state index in [4.69, 9.17) is 9.97 Å². The van der Waals surface area contributed by atoms with E-state index in [-0.39, 0.29) is 17.7 Å². The van der Waals surface area contributed by atoms with Gasteiger partial charge >= 0.3 is 0 Å². The Kier molecular flexibility index (Phi) is 5.00. The molecule has 3 aliphatic rings. The van der Waals surface area contributed by atoms with E-state index in [9.17, 15) is 9.59 Å². The second-order valence-electron chi connectivity index (χ2n) is 8.79. The SMILES string of the molecule is CC1CCC[C@@H](C)N1c1nc2c(c(Nc3ccc(C4CCNC4=O)cc3)n1)C(=O)NC2. The quantitative estimate of drug-likeness (QED) is 0.703. The first-order valence-electron chi connectivity index (χ1n) is 11.1. The highest BCUT2D eigenvalue weighted by atomic mass is 16.2. The number of anilines is 3. The average Bonchev–Trinajstić information content (AvgIpc) is 3.34. The van der Waals surface area contributed by atoms with Crippen LogP contribution in [0.25, 0.3) is 0 Å². The Morgan fingerprint density at radius 1 is 1.00 bits per heavy atom. The summed E-state index contributed by atoms with van der Waals surface area (Å²) in [5, 5.41) is 9.08. The van der Waals surface area contributed by atoms with Gasteiger partial charge in [-0.2, -0.15) is 4.98 Å². The number of aromatic nitrogens is 2. The zero-order valence-corrected chi connectivity index (χ0v) is 17.9. The van der Waals surface area contributed by atoms with Crippen molar-refractivity contribution >= 4 is 29.3 Å². The van der Waals surface area contributed by atoms with Crippen LogP contribution in [-0.4, -0.2) is 40.4 Å². The summed E-state index contributed by atoms with van der Waals surface area (Å²) < 4.78 is 0. The van der Waals surface area contributed by atoms with Crippen molar-refractivity contribution in [2.24, 2.45) is 0 Å². The fourth-order valence-electron chi connectivity index (χ4n) is 4.98. The molecule has 2 aromatic rings. The van der Waals surface area contributed by atoms with Gasteiger partial charge in [0.2, 0.25) is 11.9 Å². The van der Waals surface area contributed by atoms with E-state index < -0.39 is 0 Å². The molecule has 0 saturated carbocycles. The minimum atomic E-state index is -0.150. The molecule has 1 aromatic carbocycles. The highest BCUT2D eigenvalue weighted by Crippen LogP contribution is 2.32. The van der Waals surface area contributed by atoms with E-state index >= 15 is 0 Å². The molecule has 3 atom stereocenters. The normalized spacial score (nSPS) is 25.2. The van der Waals surface area contributed by atoms with Crippen molar-refractivity contribution < 1.29 is 9.59 Å². The molecule has 8 heteroatoms. The summed E-state index contributed by atoms with van der Waals surface area (Å²) >= 11 is 0. The third-order valence-electron chi connectivity index (χ3n) is 6.66. The molecular weight excluding hydrogens is 392 g/mol. The molecule has 0 radical (unpaired) electrons. The number of nitrogens with one attached hydrogen (secondary N) is 3.